The number of benzene rings is 2. The number of anilines is 1. The lowest BCUT2D eigenvalue weighted by Gasteiger charge is -2.09. The third kappa shape index (κ3) is 3.66. The van der Waals surface area contributed by atoms with Gasteiger partial charge in [0, 0.05) is 14.9 Å². The van der Waals surface area contributed by atoms with Crippen LogP contribution in [0.4, 0.5) is 5.69 Å². The van der Waals surface area contributed by atoms with Crippen LogP contribution in [0.3, 0.4) is 0 Å². The van der Waals surface area contributed by atoms with Gasteiger partial charge in [0.25, 0.3) is 5.91 Å². The van der Waals surface area contributed by atoms with E-state index in [4.69, 9.17) is 32.4 Å². The first kappa shape index (κ1) is 17.8. The fourth-order valence-electron chi connectivity index (χ4n) is 2.26. The Hall–Kier alpha value is -2.02. The van der Waals surface area contributed by atoms with E-state index in [1.54, 1.807) is 24.3 Å². The van der Waals surface area contributed by atoms with Crippen LogP contribution >= 0.6 is 39.1 Å². The minimum atomic E-state index is -0.788. The molecule has 1 N–H and O–H groups in total. The molecule has 0 saturated carbocycles. The first-order chi connectivity index (χ1) is 11.9. The second-order valence-corrected chi connectivity index (χ2v) is 6.81. The normalized spacial score (nSPS) is 10.7. The van der Waals surface area contributed by atoms with Gasteiger partial charge in [0.15, 0.2) is 11.3 Å². The first-order valence-corrected chi connectivity index (χ1v) is 8.51. The molecule has 128 valence electrons. The smallest absolute Gasteiger partial charge is 0.349 e. The van der Waals surface area contributed by atoms with Crippen LogP contribution in [0.2, 0.25) is 10.0 Å². The van der Waals surface area contributed by atoms with Gasteiger partial charge < -0.3 is 14.5 Å². The summed E-state index contributed by atoms with van der Waals surface area (Å²) in [6, 6.07) is 9.44. The van der Waals surface area contributed by atoms with Crippen molar-refractivity contribution in [2.45, 2.75) is 0 Å². The second-order valence-electron chi connectivity index (χ2n) is 5.05. The number of halogens is 3. The molecule has 0 aliphatic carbocycles. The van der Waals surface area contributed by atoms with Gasteiger partial charge in [-0.15, -0.1) is 0 Å². The van der Waals surface area contributed by atoms with Crippen LogP contribution in [-0.4, -0.2) is 13.0 Å². The molecular weight excluding hydrogens is 433 g/mol. The molecule has 0 spiro atoms. The molecule has 8 heteroatoms. The molecule has 0 aliphatic heterocycles. The topological polar surface area (TPSA) is 68.5 Å². The van der Waals surface area contributed by atoms with Crippen molar-refractivity contribution in [1.82, 2.24) is 0 Å². The van der Waals surface area contributed by atoms with Crippen molar-refractivity contribution < 1.29 is 13.9 Å². The van der Waals surface area contributed by atoms with E-state index >= 15 is 0 Å². The second kappa shape index (κ2) is 7.07. The number of hydrogen-bond donors (Lipinski definition) is 1. The molecular formula is C17H10BrCl2NO4. The molecule has 0 aliphatic rings. The predicted octanol–water partition coefficient (Wildman–Crippen LogP) is 5.12. The van der Waals surface area contributed by atoms with Gasteiger partial charge in [-0.25, -0.2) is 4.79 Å². The lowest BCUT2D eigenvalue weighted by molar-refractivity contribution is 0.102. The van der Waals surface area contributed by atoms with Gasteiger partial charge in [-0.2, -0.15) is 0 Å². The van der Waals surface area contributed by atoms with E-state index in [9.17, 15) is 9.59 Å². The summed E-state index contributed by atoms with van der Waals surface area (Å²) in [4.78, 5) is 24.7. The molecule has 0 fully saturated rings. The molecule has 25 heavy (non-hydrogen) atoms. The molecule has 0 radical (unpaired) electrons. The van der Waals surface area contributed by atoms with Crippen molar-refractivity contribution in [3.05, 3.63) is 66.9 Å². The average Bonchev–Trinajstić information content (AvgIpc) is 2.57. The van der Waals surface area contributed by atoms with Crippen molar-refractivity contribution in [2.24, 2.45) is 0 Å². The van der Waals surface area contributed by atoms with E-state index in [-0.39, 0.29) is 11.1 Å². The van der Waals surface area contributed by atoms with Crippen molar-refractivity contribution in [2.75, 3.05) is 12.4 Å². The predicted molar refractivity (Wildman–Crippen MR) is 101 cm³/mol. The van der Waals surface area contributed by atoms with E-state index in [0.717, 1.165) is 4.47 Å². The van der Waals surface area contributed by atoms with Crippen molar-refractivity contribution in [3.8, 4) is 5.75 Å². The van der Waals surface area contributed by atoms with Gasteiger partial charge in [-0.05, 0) is 36.4 Å². The maximum Gasteiger partial charge on any atom is 0.349 e. The fourth-order valence-corrected chi connectivity index (χ4v) is 3.05. The molecule has 1 heterocycles. The van der Waals surface area contributed by atoms with E-state index in [0.29, 0.717) is 26.9 Å². The Kier molecular flexibility index (Phi) is 5.03. The number of fused-ring (bicyclic) bond motifs is 1. The number of ether oxygens (including phenoxy) is 1. The Morgan fingerprint density at radius 3 is 2.68 bits per heavy atom. The van der Waals surface area contributed by atoms with Gasteiger partial charge in [0.05, 0.1) is 17.8 Å². The summed E-state index contributed by atoms with van der Waals surface area (Å²) in [5.74, 6) is -0.273. The Balaban J connectivity index is 2.06. The first-order valence-electron chi connectivity index (χ1n) is 6.97. The van der Waals surface area contributed by atoms with Crippen LogP contribution in [0.25, 0.3) is 11.0 Å². The van der Waals surface area contributed by atoms with E-state index in [2.05, 4.69) is 21.2 Å². The highest BCUT2D eigenvalue weighted by molar-refractivity contribution is 9.10. The van der Waals surface area contributed by atoms with E-state index in [1.165, 1.54) is 19.2 Å². The molecule has 0 atom stereocenters. The Morgan fingerprint density at radius 1 is 1.20 bits per heavy atom. The van der Waals surface area contributed by atoms with Crippen molar-refractivity contribution in [1.29, 1.82) is 0 Å². The quantitative estimate of drug-likeness (QED) is 0.571. The van der Waals surface area contributed by atoms with Crippen LogP contribution in [-0.2, 0) is 0 Å². The van der Waals surface area contributed by atoms with E-state index in [1.807, 2.05) is 0 Å². The van der Waals surface area contributed by atoms with Crippen LogP contribution in [0, 0.1) is 0 Å². The molecule has 2 aromatic carbocycles. The highest BCUT2D eigenvalue weighted by Crippen LogP contribution is 2.30. The number of methoxy groups -OCH3 is 1. The monoisotopic (exact) mass is 441 g/mol. The lowest BCUT2D eigenvalue weighted by atomic mass is 10.1. The maximum atomic E-state index is 12.5. The van der Waals surface area contributed by atoms with Crippen LogP contribution in [0.15, 0.2) is 50.1 Å². The number of rotatable bonds is 3. The molecule has 1 aromatic heterocycles. The SMILES string of the molecule is COc1cc(Br)cc2cc(C(=O)Nc3cc(Cl)ccc3Cl)c(=O)oc12. The summed E-state index contributed by atoms with van der Waals surface area (Å²) in [6.07, 6.45) is 0. The summed E-state index contributed by atoms with van der Waals surface area (Å²) < 4.78 is 11.2. The Bertz CT molecular complexity index is 1050. The molecule has 0 unspecified atom stereocenters. The Morgan fingerprint density at radius 2 is 1.96 bits per heavy atom. The van der Waals surface area contributed by atoms with Crippen molar-refractivity contribution >= 4 is 61.7 Å². The summed E-state index contributed by atoms with van der Waals surface area (Å²) >= 11 is 15.3. The molecule has 3 aromatic rings. The highest BCUT2D eigenvalue weighted by atomic mass is 79.9. The largest absolute Gasteiger partial charge is 0.493 e. The summed E-state index contributed by atoms with van der Waals surface area (Å²) in [5.41, 5.74) is -0.397. The fraction of sp³-hybridized carbons (Fsp3) is 0.0588. The van der Waals surface area contributed by atoms with Crippen molar-refractivity contribution in [3.63, 3.8) is 0 Å². The standard InChI is InChI=1S/C17H10BrCl2NO4/c1-24-14-6-9(18)4-8-5-11(17(23)25-15(8)14)16(22)21-13-7-10(19)2-3-12(13)20/h2-7H,1H3,(H,21,22). The van der Waals surface area contributed by atoms with Gasteiger partial charge in [0.1, 0.15) is 5.56 Å². The highest BCUT2D eigenvalue weighted by Gasteiger charge is 2.17. The van der Waals surface area contributed by atoms with E-state index < -0.39 is 11.5 Å². The molecule has 0 bridgehead atoms. The summed E-state index contributed by atoms with van der Waals surface area (Å²) in [7, 11) is 1.46. The van der Waals surface area contributed by atoms with Crippen LogP contribution < -0.4 is 15.7 Å². The molecule has 3 rings (SSSR count). The zero-order chi connectivity index (χ0) is 18.1. The molecule has 5 nitrogen and oxygen atoms in total. The third-order valence-corrected chi connectivity index (χ3v) is 4.43. The summed E-state index contributed by atoms with van der Waals surface area (Å²) in [6.45, 7) is 0. The number of amides is 1. The minimum absolute atomic E-state index is 0.163. The Labute approximate surface area is 160 Å². The average molecular weight is 443 g/mol. The van der Waals surface area contributed by atoms with Gasteiger partial charge in [-0.3, -0.25) is 4.79 Å². The zero-order valence-corrected chi connectivity index (χ0v) is 15.8. The number of carbonyl (C=O) groups is 1. The van der Waals surface area contributed by atoms with Gasteiger partial charge in [0.2, 0.25) is 0 Å². The summed E-state index contributed by atoms with van der Waals surface area (Å²) in [5, 5.41) is 3.79. The zero-order valence-electron chi connectivity index (χ0n) is 12.7. The minimum Gasteiger partial charge on any atom is -0.493 e. The van der Waals surface area contributed by atoms with Crippen LogP contribution in [0.1, 0.15) is 10.4 Å². The van der Waals surface area contributed by atoms with Gasteiger partial charge >= 0.3 is 5.63 Å². The number of carbonyl (C=O) groups excluding carboxylic acids is 1. The van der Waals surface area contributed by atoms with Crippen LogP contribution in [0.5, 0.6) is 5.75 Å². The maximum absolute atomic E-state index is 12.5. The lowest BCUT2D eigenvalue weighted by Crippen LogP contribution is -2.20. The molecule has 1 amide bonds. The molecule has 0 saturated heterocycles. The third-order valence-electron chi connectivity index (χ3n) is 3.40. The number of hydrogen-bond acceptors (Lipinski definition) is 4. The van der Waals surface area contributed by atoms with Gasteiger partial charge in [-0.1, -0.05) is 39.1 Å². The number of nitrogens with one attached hydrogen (secondary N) is 1.